The Balaban J connectivity index is 2.51. The minimum absolute atomic E-state index is 0.0693. The number of carbonyl (C=O) groups excluding carboxylic acids is 2. The Morgan fingerprint density at radius 1 is 1.56 bits per heavy atom. The van der Waals surface area contributed by atoms with Crippen molar-refractivity contribution in [1.82, 2.24) is 15.2 Å². The fraction of sp³-hybridized carbons (Fsp3) is 0.500. The average molecular weight is 241 g/mol. The maximum atomic E-state index is 11.8. The van der Waals surface area contributed by atoms with Crippen molar-refractivity contribution in [3.8, 4) is 0 Å². The van der Waals surface area contributed by atoms with Gasteiger partial charge < -0.3 is 10.2 Å². The Bertz CT molecular complexity index is 389. The van der Waals surface area contributed by atoms with Crippen LogP contribution in [0.2, 0.25) is 0 Å². The van der Waals surface area contributed by atoms with E-state index in [0.29, 0.717) is 17.8 Å². The minimum atomic E-state index is -0.0884. The van der Waals surface area contributed by atoms with Gasteiger partial charge in [0.05, 0.1) is 11.2 Å². The van der Waals surface area contributed by atoms with Gasteiger partial charge >= 0.3 is 0 Å². The van der Waals surface area contributed by atoms with Crippen LogP contribution in [0.1, 0.15) is 21.1 Å². The molecule has 1 aromatic heterocycles. The first kappa shape index (κ1) is 12.6. The van der Waals surface area contributed by atoms with E-state index in [1.54, 1.807) is 20.3 Å². The standard InChI is InChI=1S/C10H15N3O2S/c1-7-12-6-8(16-7)10(15)13(3)5-4-9(14)11-2/h6H,4-5H2,1-3H3,(H,11,14). The van der Waals surface area contributed by atoms with Crippen molar-refractivity contribution in [1.29, 1.82) is 0 Å². The van der Waals surface area contributed by atoms with Gasteiger partial charge in [0.15, 0.2) is 0 Å². The van der Waals surface area contributed by atoms with Gasteiger partial charge in [-0.15, -0.1) is 11.3 Å². The molecule has 1 aromatic rings. The van der Waals surface area contributed by atoms with Crippen LogP contribution in [0.3, 0.4) is 0 Å². The van der Waals surface area contributed by atoms with E-state index < -0.39 is 0 Å². The topological polar surface area (TPSA) is 62.3 Å². The van der Waals surface area contributed by atoms with E-state index >= 15 is 0 Å². The fourth-order valence-corrected chi connectivity index (χ4v) is 1.92. The van der Waals surface area contributed by atoms with Gasteiger partial charge in [-0.25, -0.2) is 4.98 Å². The Morgan fingerprint density at radius 3 is 2.75 bits per heavy atom. The molecule has 1 heterocycles. The van der Waals surface area contributed by atoms with Crippen molar-refractivity contribution in [2.45, 2.75) is 13.3 Å². The lowest BCUT2D eigenvalue weighted by molar-refractivity contribution is -0.120. The van der Waals surface area contributed by atoms with Crippen molar-refractivity contribution in [2.24, 2.45) is 0 Å². The van der Waals surface area contributed by atoms with Crippen LogP contribution in [0.15, 0.2) is 6.20 Å². The van der Waals surface area contributed by atoms with Gasteiger partial charge in [-0.05, 0) is 6.92 Å². The van der Waals surface area contributed by atoms with E-state index in [1.807, 2.05) is 6.92 Å². The SMILES string of the molecule is CNC(=O)CCN(C)C(=O)c1cnc(C)s1. The number of hydrogen-bond acceptors (Lipinski definition) is 4. The molecule has 1 rings (SSSR count). The average Bonchev–Trinajstić information content (AvgIpc) is 2.71. The highest BCUT2D eigenvalue weighted by atomic mass is 32.1. The second-order valence-electron chi connectivity index (χ2n) is 3.39. The predicted octanol–water partition coefficient (Wildman–Crippen LogP) is 0.660. The molecule has 6 heteroatoms. The lowest BCUT2D eigenvalue weighted by Gasteiger charge is -2.15. The highest BCUT2D eigenvalue weighted by Gasteiger charge is 2.14. The summed E-state index contributed by atoms with van der Waals surface area (Å²) >= 11 is 1.36. The molecule has 0 saturated heterocycles. The number of nitrogens with one attached hydrogen (secondary N) is 1. The van der Waals surface area contributed by atoms with Crippen LogP contribution in [0.5, 0.6) is 0 Å². The quantitative estimate of drug-likeness (QED) is 0.842. The largest absolute Gasteiger partial charge is 0.359 e. The van der Waals surface area contributed by atoms with Crippen molar-refractivity contribution < 1.29 is 9.59 Å². The predicted molar refractivity (Wildman–Crippen MR) is 62.5 cm³/mol. The van der Waals surface area contributed by atoms with Gasteiger partial charge in [0.1, 0.15) is 4.88 Å². The van der Waals surface area contributed by atoms with Crippen LogP contribution in [0.25, 0.3) is 0 Å². The van der Waals surface area contributed by atoms with E-state index in [0.717, 1.165) is 5.01 Å². The van der Waals surface area contributed by atoms with E-state index in [9.17, 15) is 9.59 Å². The van der Waals surface area contributed by atoms with Crippen molar-refractivity contribution in [2.75, 3.05) is 20.6 Å². The molecule has 0 atom stereocenters. The third-order valence-electron chi connectivity index (χ3n) is 2.13. The molecule has 0 radical (unpaired) electrons. The summed E-state index contributed by atoms with van der Waals surface area (Å²) in [5, 5.41) is 3.38. The molecule has 0 aliphatic heterocycles. The van der Waals surface area contributed by atoms with Crippen LogP contribution < -0.4 is 5.32 Å². The molecule has 88 valence electrons. The molecule has 16 heavy (non-hydrogen) atoms. The Hall–Kier alpha value is -1.43. The molecule has 5 nitrogen and oxygen atoms in total. The molecule has 0 unspecified atom stereocenters. The van der Waals surface area contributed by atoms with Crippen LogP contribution >= 0.6 is 11.3 Å². The number of thiazole rings is 1. The summed E-state index contributed by atoms with van der Waals surface area (Å²) < 4.78 is 0. The van der Waals surface area contributed by atoms with Crippen LogP contribution in [0.4, 0.5) is 0 Å². The van der Waals surface area contributed by atoms with Crippen molar-refractivity contribution >= 4 is 23.2 Å². The maximum absolute atomic E-state index is 11.8. The van der Waals surface area contributed by atoms with Gasteiger partial charge in [0.25, 0.3) is 5.91 Å². The number of nitrogens with zero attached hydrogens (tertiary/aromatic N) is 2. The van der Waals surface area contributed by atoms with Gasteiger partial charge in [-0.3, -0.25) is 9.59 Å². The summed E-state index contributed by atoms with van der Waals surface area (Å²) in [6.45, 7) is 2.27. The molecular formula is C10H15N3O2S. The van der Waals surface area contributed by atoms with Gasteiger partial charge in [-0.2, -0.15) is 0 Å². The summed E-state index contributed by atoms with van der Waals surface area (Å²) in [6.07, 6.45) is 1.88. The summed E-state index contributed by atoms with van der Waals surface area (Å²) in [6, 6.07) is 0. The molecule has 1 N–H and O–H groups in total. The smallest absolute Gasteiger partial charge is 0.265 e. The third-order valence-corrected chi connectivity index (χ3v) is 3.03. The van der Waals surface area contributed by atoms with Crippen LogP contribution in [-0.2, 0) is 4.79 Å². The van der Waals surface area contributed by atoms with Gasteiger partial charge in [0, 0.05) is 27.1 Å². The third kappa shape index (κ3) is 3.30. The number of hydrogen-bond donors (Lipinski definition) is 1. The number of amides is 2. The van der Waals surface area contributed by atoms with Crippen molar-refractivity contribution in [3.63, 3.8) is 0 Å². The second-order valence-corrected chi connectivity index (χ2v) is 4.63. The monoisotopic (exact) mass is 241 g/mol. The molecule has 0 spiro atoms. The molecule has 0 aliphatic rings. The van der Waals surface area contributed by atoms with Crippen molar-refractivity contribution in [3.05, 3.63) is 16.1 Å². The summed E-state index contributed by atoms with van der Waals surface area (Å²) in [5.74, 6) is -0.158. The van der Waals surface area contributed by atoms with E-state index in [4.69, 9.17) is 0 Å². The molecule has 0 aromatic carbocycles. The van der Waals surface area contributed by atoms with E-state index in [2.05, 4.69) is 10.3 Å². The molecule has 2 amide bonds. The van der Waals surface area contributed by atoms with Gasteiger partial charge in [-0.1, -0.05) is 0 Å². The zero-order valence-electron chi connectivity index (χ0n) is 9.61. The Kier molecular flexibility index (Phi) is 4.42. The maximum Gasteiger partial charge on any atom is 0.265 e. The first-order valence-electron chi connectivity index (χ1n) is 4.93. The number of rotatable bonds is 4. The molecule has 0 aliphatic carbocycles. The van der Waals surface area contributed by atoms with Gasteiger partial charge in [0.2, 0.25) is 5.91 Å². The Morgan fingerprint density at radius 2 is 2.25 bits per heavy atom. The number of carbonyl (C=O) groups is 2. The lowest BCUT2D eigenvalue weighted by atomic mass is 10.3. The number of aryl methyl sites for hydroxylation is 1. The molecule has 0 fully saturated rings. The normalized spacial score (nSPS) is 9.94. The fourth-order valence-electron chi connectivity index (χ4n) is 1.14. The summed E-state index contributed by atoms with van der Waals surface area (Å²) in [4.78, 5) is 29.0. The van der Waals surface area contributed by atoms with E-state index in [-0.39, 0.29) is 11.8 Å². The van der Waals surface area contributed by atoms with E-state index in [1.165, 1.54) is 16.2 Å². The zero-order valence-corrected chi connectivity index (χ0v) is 10.4. The Labute approximate surface area is 98.5 Å². The second kappa shape index (κ2) is 5.60. The lowest BCUT2D eigenvalue weighted by Crippen LogP contribution is -2.30. The molecule has 0 bridgehead atoms. The first-order valence-corrected chi connectivity index (χ1v) is 5.74. The molecule has 0 saturated carbocycles. The zero-order chi connectivity index (χ0) is 12.1. The van der Waals surface area contributed by atoms with Crippen LogP contribution in [-0.4, -0.2) is 42.3 Å². The number of aromatic nitrogens is 1. The minimum Gasteiger partial charge on any atom is -0.359 e. The highest BCUT2D eigenvalue weighted by Crippen LogP contribution is 2.13. The molecular weight excluding hydrogens is 226 g/mol. The van der Waals surface area contributed by atoms with Crippen LogP contribution in [0, 0.1) is 6.92 Å². The highest BCUT2D eigenvalue weighted by molar-refractivity contribution is 7.13. The summed E-state index contributed by atoms with van der Waals surface area (Å²) in [7, 11) is 3.26. The first-order chi connectivity index (χ1) is 7.54. The summed E-state index contributed by atoms with van der Waals surface area (Å²) in [5.41, 5.74) is 0.